The first-order valence-corrected chi connectivity index (χ1v) is 12.1. The molecule has 8 nitrogen and oxygen atoms in total. The van der Waals surface area contributed by atoms with Crippen LogP contribution in [0.4, 0.5) is 4.79 Å². The van der Waals surface area contributed by atoms with E-state index in [-0.39, 0.29) is 31.7 Å². The Labute approximate surface area is 204 Å². The molecule has 1 aliphatic heterocycles. The smallest absolute Gasteiger partial charge is 0.407 e. The van der Waals surface area contributed by atoms with E-state index in [9.17, 15) is 19.5 Å². The van der Waals surface area contributed by atoms with Gasteiger partial charge in [-0.15, -0.1) is 0 Å². The third kappa shape index (κ3) is 4.27. The Hall–Kier alpha value is -3.39. The number of hydrogen-bond acceptors (Lipinski definition) is 5. The third-order valence-corrected chi connectivity index (χ3v) is 7.78. The lowest BCUT2D eigenvalue weighted by Gasteiger charge is -2.35. The monoisotopic (exact) mass is 478 g/mol. The van der Waals surface area contributed by atoms with E-state index < -0.39 is 35.5 Å². The van der Waals surface area contributed by atoms with E-state index in [2.05, 4.69) is 34.9 Å². The second-order valence-corrected chi connectivity index (χ2v) is 9.94. The van der Waals surface area contributed by atoms with Crippen molar-refractivity contribution >= 4 is 18.0 Å². The van der Waals surface area contributed by atoms with Crippen molar-refractivity contribution < 1.29 is 29.0 Å². The zero-order chi connectivity index (χ0) is 24.6. The molecule has 0 aromatic heterocycles. The van der Waals surface area contributed by atoms with E-state index in [1.807, 2.05) is 24.3 Å². The zero-order valence-electron chi connectivity index (χ0n) is 19.7. The number of rotatable bonds is 7. The molecule has 3 atom stereocenters. The molecule has 1 heterocycles. The molecule has 0 radical (unpaired) electrons. The number of nitrogens with one attached hydrogen (secondary N) is 2. The van der Waals surface area contributed by atoms with Crippen LogP contribution in [0.15, 0.2) is 48.5 Å². The minimum absolute atomic E-state index is 0.0593. The van der Waals surface area contributed by atoms with Crippen LogP contribution in [0.1, 0.15) is 43.2 Å². The number of carboxylic acids is 1. The molecule has 8 heteroatoms. The summed E-state index contributed by atoms with van der Waals surface area (Å²) in [6.45, 7) is 2.09. The van der Waals surface area contributed by atoms with Crippen LogP contribution in [-0.4, -0.2) is 55.0 Å². The highest BCUT2D eigenvalue weighted by Gasteiger charge is 2.49. The summed E-state index contributed by atoms with van der Waals surface area (Å²) < 4.78 is 11.2. The van der Waals surface area contributed by atoms with Crippen LogP contribution in [0.5, 0.6) is 0 Å². The van der Waals surface area contributed by atoms with E-state index in [1.54, 1.807) is 6.92 Å². The largest absolute Gasteiger partial charge is 0.480 e. The highest BCUT2D eigenvalue weighted by Crippen LogP contribution is 2.44. The van der Waals surface area contributed by atoms with Crippen LogP contribution in [-0.2, 0) is 19.1 Å². The minimum Gasteiger partial charge on any atom is -0.480 e. The average molecular weight is 479 g/mol. The number of ether oxygens (including phenoxy) is 2. The van der Waals surface area contributed by atoms with Gasteiger partial charge in [0.25, 0.3) is 0 Å². The Morgan fingerprint density at radius 1 is 1.09 bits per heavy atom. The molecule has 5 rings (SSSR count). The number of carbonyl (C=O) groups excluding carboxylic acids is 2. The van der Waals surface area contributed by atoms with Crippen LogP contribution < -0.4 is 10.6 Å². The van der Waals surface area contributed by atoms with E-state index in [0.717, 1.165) is 41.5 Å². The van der Waals surface area contributed by atoms with Gasteiger partial charge in [0.1, 0.15) is 12.6 Å². The molecule has 2 fully saturated rings. The first-order valence-electron chi connectivity index (χ1n) is 12.1. The minimum atomic E-state index is -1.09. The fourth-order valence-corrected chi connectivity index (χ4v) is 5.34. The predicted molar refractivity (Wildman–Crippen MR) is 128 cm³/mol. The predicted octanol–water partition coefficient (Wildman–Crippen LogP) is 3.30. The fraction of sp³-hybridized carbons (Fsp3) is 0.444. The van der Waals surface area contributed by atoms with E-state index in [1.165, 1.54) is 0 Å². The van der Waals surface area contributed by atoms with Crippen LogP contribution in [0.25, 0.3) is 11.1 Å². The summed E-state index contributed by atoms with van der Waals surface area (Å²) in [4.78, 5) is 37.6. The Bertz CT molecular complexity index is 1100. The van der Waals surface area contributed by atoms with Crippen molar-refractivity contribution in [3.63, 3.8) is 0 Å². The number of benzene rings is 2. The average Bonchev–Trinajstić information content (AvgIpc) is 3.34. The van der Waals surface area contributed by atoms with Crippen molar-refractivity contribution in [2.75, 3.05) is 19.8 Å². The second-order valence-electron chi connectivity index (χ2n) is 9.94. The summed E-state index contributed by atoms with van der Waals surface area (Å²) in [6, 6.07) is 14.6. The molecule has 0 bridgehead atoms. The lowest BCUT2D eigenvalue weighted by Crippen LogP contribution is -2.58. The fourth-order valence-electron chi connectivity index (χ4n) is 5.34. The van der Waals surface area contributed by atoms with Gasteiger partial charge in [-0.1, -0.05) is 55.0 Å². The SMILES string of the molecule is CC1(C(=O)NC(C(=O)O)C2CCC2)COCC1NC(=O)OCC1c2ccccc2-c2ccccc21. The standard InChI is InChI=1S/C27H30N2O6/c1-27(25(32)29-23(24(30)31)16-7-6-8-16)15-34-14-22(27)28-26(33)35-13-21-19-11-4-2-9-17(19)18-10-3-5-12-20(18)21/h2-5,9-12,16,21-23H,6-8,13-15H2,1H3,(H,28,33)(H,29,32)(H,30,31). The topological polar surface area (TPSA) is 114 Å². The molecule has 1 saturated carbocycles. The number of amides is 2. The van der Waals surface area contributed by atoms with Gasteiger partial charge in [-0.25, -0.2) is 9.59 Å². The van der Waals surface area contributed by atoms with Gasteiger partial charge in [-0.05, 0) is 47.9 Å². The van der Waals surface area contributed by atoms with Gasteiger partial charge in [-0.2, -0.15) is 0 Å². The maximum atomic E-state index is 13.1. The van der Waals surface area contributed by atoms with Crippen molar-refractivity contribution in [3.05, 3.63) is 59.7 Å². The number of aliphatic carboxylic acids is 1. The quantitative estimate of drug-likeness (QED) is 0.563. The van der Waals surface area contributed by atoms with Crippen molar-refractivity contribution in [3.8, 4) is 11.1 Å². The Balaban J connectivity index is 1.23. The molecule has 2 aliphatic carbocycles. The second kappa shape index (κ2) is 9.34. The van der Waals surface area contributed by atoms with Gasteiger partial charge < -0.3 is 25.2 Å². The molecule has 3 unspecified atom stereocenters. The number of hydrogen-bond donors (Lipinski definition) is 3. The van der Waals surface area contributed by atoms with Crippen LogP contribution >= 0.6 is 0 Å². The molecule has 3 aliphatic rings. The van der Waals surface area contributed by atoms with E-state index >= 15 is 0 Å². The first-order chi connectivity index (χ1) is 16.9. The van der Waals surface area contributed by atoms with Crippen molar-refractivity contribution in [2.45, 2.75) is 44.2 Å². The van der Waals surface area contributed by atoms with Gasteiger partial charge in [0.15, 0.2) is 0 Å². The zero-order valence-corrected chi connectivity index (χ0v) is 19.7. The lowest BCUT2D eigenvalue weighted by atomic mass is 9.78. The number of alkyl carbamates (subject to hydrolysis) is 1. The normalized spacial score (nSPS) is 24.1. The van der Waals surface area contributed by atoms with Gasteiger partial charge >= 0.3 is 12.1 Å². The molecule has 2 amide bonds. The maximum Gasteiger partial charge on any atom is 0.407 e. The molecule has 0 spiro atoms. The van der Waals surface area contributed by atoms with E-state index in [4.69, 9.17) is 9.47 Å². The van der Waals surface area contributed by atoms with Crippen LogP contribution in [0, 0.1) is 11.3 Å². The molecule has 1 saturated heterocycles. The summed E-state index contributed by atoms with van der Waals surface area (Å²) in [7, 11) is 0. The van der Waals surface area contributed by atoms with Crippen LogP contribution in [0.3, 0.4) is 0 Å². The third-order valence-electron chi connectivity index (χ3n) is 7.78. The Morgan fingerprint density at radius 2 is 1.71 bits per heavy atom. The molecule has 184 valence electrons. The Morgan fingerprint density at radius 3 is 2.29 bits per heavy atom. The molecule has 2 aromatic carbocycles. The Kier molecular flexibility index (Phi) is 6.23. The molecule has 3 N–H and O–H groups in total. The van der Waals surface area contributed by atoms with Crippen molar-refractivity contribution in [1.82, 2.24) is 10.6 Å². The molecule has 2 aromatic rings. The number of carbonyl (C=O) groups is 3. The highest BCUT2D eigenvalue weighted by molar-refractivity contribution is 5.89. The summed E-state index contributed by atoms with van der Waals surface area (Å²) in [5, 5.41) is 15.1. The molecular formula is C27H30N2O6. The maximum absolute atomic E-state index is 13.1. The molecular weight excluding hydrogens is 448 g/mol. The van der Waals surface area contributed by atoms with Gasteiger partial charge in [0, 0.05) is 5.92 Å². The van der Waals surface area contributed by atoms with Gasteiger partial charge in [0.05, 0.1) is 24.7 Å². The van der Waals surface area contributed by atoms with Gasteiger partial charge in [-0.3, -0.25) is 4.79 Å². The highest BCUT2D eigenvalue weighted by atomic mass is 16.5. The van der Waals surface area contributed by atoms with Crippen molar-refractivity contribution in [1.29, 1.82) is 0 Å². The number of carboxylic acid groups (broad SMARTS) is 1. The number of fused-ring (bicyclic) bond motifs is 3. The lowest BCUT2D eigenvalue weighted by molar-refractivity contribution is -0.146. The van der Waals surface area contributed by atoms with Crippen molar-refractivity contribution in [2.24, 2.45) is 11.3 Å². The first kappa shape index (κ1) is 23.4. The summed E-state index contributed by atoms with van der Waals surface area (Å²) in [6.07, 6.45) is 1.91. The van der Waals surface area contributed by atoms with Gasteiger partial charge in [0.2, 0.25) is 5.91 Å². The van der Waals surface area contributed by atoms with E-state index in [0.29, 0.717) is 0 Å². The van der Waals surface area contributed by atoms with Crippen LogP contribution in [0.2, 0.25) is 0 Å². The molecule has 35 heavy (non-hydrogen) atoms. The summed E-state index contributed by atoms with van der Waals surface area (Å²) in [5.74, 6) is -1.60. The summed E-state index contributed by atoms with van der Waals surface area (Å²) in [5.41, 5.74) is 3.43. The summed E-state index contributed by atoms with van der Waals surface area (Å²) >= 11 is 0.